The van der Waals surface area contributed by atoms with Gasteiger partial charge in [-0.25, -0.2) is 38.3 Å². The Morgan fingerprint density at radius 3 is 1.36 bits per heavy atom. The number of fused-ring (bicyclic) bond motifs is 6. The molecule has 6 rings (SSSR count). The molecule has 0 bridgehead atoms. The lowest BCUT2D eigenvalue weighted by Gasteiger charge is -2.21. The van der Waals surface area contributed by atoms with E-state index in [4.69, 9.17) is 42.1 Å². The molecule has 0 aliphatic carbocycles. The number of carbonyl (C=O) groups is 4. The second-order valence-corrected chi connectivity index (χ2v) is 19.3. The van der Waals surface area contributed by atoms with Gasteiger partial charge in [0.1, 0.15) is 32.7 Å². The number of pyridine rings is 2. The van der Waals surface area contributed by atoms with E-state index in [2.05, 4.69) is 25.9 Å². The van der Waals surface area contributed by atoms with Gasteiger partial charge < -0.3 is 18.9 Å². The number of hydrogen-bond donors (Lipinski definition) is 0. The smallest absolute Gasteiger partial charge is 0.419 e. The third kappa shape index (κ3) is 10.2. The summed E-state index contributed by atoms with van der Waals surface area (Å²) < 4.78 is 25.3. The summed E-state index contributed by atoms with van der Waals surface area (Å²) >= 11 is 15.7. The zero-order chi connectivity index (χ0) is 44.2. The molecule has 0 aliphatic rings. The summed E-state index contributed by atoms with van der Waals surface area (Å²) in [5.74, 6) is -1.01. The lowest BCUT2D eigenvalue weighted by atomic mass is 10.1. The summed E-state index contributed by atoms with van der Waals surface area (Å²) in [4.78, 5) is 60.7. The molecule has 0 N–H and O–H groups in total. The normalized spacial score (nSPS) is 12.4. The monoisotopic (exact) mass is 910 g/mol. The molecule has 0 atom stereocenters. The highest BCUT2D eigenvalue weighted by atomic mass is 79.9. The Morgan fingerprint density at radius 1 is 0.576 bits per heavy atom. The first kappa shape index (κ1) is 45.4. The minimum absolute atomic E-state index is 0.246. The maximum absolute atomic E-state index is 13.2. The molecule has 12 nitrogen and oxygen atoms in total. The fourth-order valence-corrected chi connectivity index (χ4v) is 7.27. The van der Waals surface area contributed by atoms with Crippen molar-refractivity contribution < 1.29 is 38.1 Å². The van der Waals surface area contributed by atoms with Crippen molar-refractivity contribution in [2.75, 3.05) is 0 Å². The molecular weight excluding hydrogens is 863 g/mol. The first-order chi connectivity index (χ1) is 27.1. The van der Waals surface area contributed by atoms with Crippen molar-refractivity contribution in [3.05, 3.63) is 81.6 Å². The quantitative estimate of drug-likeness (QED) is 0.0729. The van der Waals surface area contributed by atoms with E-state index >= 15 is 0 Å². The molecule has 0 saturated carbocycles. The fourth-order valence-electron chi connectivity index (χ4n) is 6.43. The highest BCUT2D eigenvalue weighted by Gasteiger charge is 2.33. The van der Waals surface area contributed by atoms with Crippen LogP contribution in [0.1, 0.15) is 115 Å². The molecule has 4 heterocycles. The molecule has 2 aromatic carbocycles. The Kier molecular flexibility index (Phi) is 12.6. The molecule has 0 spiro atoms. The van der Waals surface area contributed by atoms with Crippen LogP contribution in [0.4, 0.5) is 9.59 Å². The molecule has 0 saturated heterocycles. The summed E-state index contributed by atoms with van der Waals surface area (Å²) in [6.07, 6.45) is 2.10. The number of esters is 2. The van der Waals surface area contributed by atoms with Crippen molar-refractivity contribution in [3.8, 4) is 0 Å². The maximum atomic E-state index is 13.2. The van der Waals surface area contributed by atoms with E-state index in [1.54, 1.807) is 127 Å². The first-order valence-corrected chi connectivity index (χ1v) is 20.7. The van der Waals surface area contributed by atoms with E-state index in [1.165, 1.54) is 9.13 Å². The summed E-state index contributed by atoms with van der Waals surface area (Å²) in [6, 6.07) is 10.6. The van der Waals surface area contributed by atoms with Crippen LogP contribution in [-0.4, -0.2) is 65.6 Å². The van der Waals surface area contributed by atoms with E-state index in [0.717, 1.165) is 10.8 Å². The van der Waals surface area contributed by atoms with Crippen LogP contribution in [0.15, 0.2) is 48.8 Å². The molecule has 0 amide bonds. The predicted octanol–water partition coefficient (Wildman–Crippen LogP) is 12.4. The van der Waals surface area contributed by atoms with Gasteiger partial charge in [-0.15, -0.1) is 0 Å². The Hall–Kier alpha value is -4.72. The number of ether oxygens (including phenoxy) is 4. The Bertz CT molecular complexity index is 2660. The van der Waals surface area contributed by atoms with Crippen LogP contribution in [0.5, 0.6) is 0 Å². The lowest BCUT2D eigenvalue weighted by Crippen LogP contribution is -2.28. The standard InChI is InChI=1S/C22H24BrClN2O4.C22H25ClN2O4/c1-21(2,3)29-19(27)17-13-8-7-12-11-25-16(24)9-14(12)18(13)26(15(17)10-23)20(28)30-22(4,5)6;1-12-17(19(26)28-21(2,3)4)14-9-8-13-11-24-16(23)10-15(13)18(14)25(12)20(27)29-22(5,6)7/h7-9,11H,10H2,1-6H3;8-11H,1-7H3. The van der Waals surface area contributed by atoms with Gasteiger partial charge >= 0.3 is 24.1 Å². The van der Waals surface area contributed by atoms with Gasteiger partial charge in [-0.05, 0) is 102 Å². The minimum atomic E-state index is -0.715. The third-order valence-electron chi connectivity index (χ3n) is 8.41. The molecule has 6 aromatic rings. The van der Waals surface area contributed by atoms with Gasteiger partial charge in [-0.1, -0.05) is 63.4 Å². The average molecular weight is 913 g/mol. The molecule has 15 heteroatoms. The average Bonchev–Trinajstić information content (AvgIpc) is 3.58. The van der Waals surface area contributed by atoms with Crippen LogP contribution in [-0.2, 0) is 24.3 Å². The fraction of sp³-hybridized carbons (Fsp3) is 0.409. The van der Waals surface area contributed by atoms with Crippen LogP contribution >= 0.6 is 39.1 Å². The molecule has 0 radical (unpaired) electrons. The van der Waals surface area contributed by atoms with Crippen LogP contribution in [0.25, 0.3) is 43.4 Å². The van der Waals surface area contributed by atoms with Crippen molar-refractivity contribution >= 4 is 107 Å². The lowest BCUT2D eigenvalue weighted by molar-refractivity contribution is 0.00576. The van der Waals surface area contributed by atoms with Crippen LogP contribution in [0.3, 0.4) is 0 Å². The van der Waals surface area contributed by atoms with Crippen molar-refractivity contribution in [2.45, 2.75) is 118 Å². The Balaban J connectivity index is 0.000000224. The van der Waals surface area contributed by atoms with Gasteiger partial charge in [0, 0.05) is 55.7 Å². The number of rotatable bonds is 3. The van der Waals surface area contributed by atoms with Crippen molar-refractivity contribution in [3.63, 3.8) is 0 Å². The number of carbonyl (C=O) groups excluding carboxylic acids is 4. The van der Waals surface area contributed by atoms with Gasteiger partial charge in [0.2, 0.25) is 0 Å². The minimum Gasteiger partial charge on any atom is -0.456 e. The highest BCUT2D eigenvalue weighted by Crippen LogP contribution is 2.37. The summed E-state index contributed by atoms with van der Waals surface area (Å²) in [6.45, 7) is 23.2. The van der Waals surface area contributed by atoms with E-state index in [-0.39, 0.29) is 10.5 Å². The number of halogens is 3. The second kappa shape index (κ2) is 16.4. The van der Waals surface area contributed by atoms with E-state index in [1.807, 2.05) is 12.1 Å². The molecule has 0 fully saturated rings. The Morgan fingerprint density at radius 2 is 0.949 bits per heavy atom. The number of alkyl halides is 1. The molecule has 0 unspecified atom stereocenters. The van der Waals surface area contributed by atoms with Crippen molar-refractivity contribution in [2.24, 2.45) is 0 Å². The highest BCUT2D eigenvalue weighted by molar-refractivity contribution is 9.08. The Labute approximate surface area is 361 Å². The van der Waals surface area contributed by atoms with E-state index < -0.39 is 46.5 Å². The zero-order valence-electron chi connectivity index (χ0n) is 35.5. The molecular formula is C44H49BrCl2N4O8. The largest absolute Gasteiger partial charge is 0.456 e. The topological polar surface area (TPSA) is 141 Å². The molecule has 59 heavy (non-hydrogen) atoms. The first-order valence-electron chi connectivity index (χ1n) is 18.8. The molecule has 0 aliphatic heterocycles. The van der Waals surface area contributed by atoms with Crippen molar-refractivity contribution in [1.29, 1.82) is 0 Å². The van der Waals surface area contributed by atoms with Crippen LogP contribution in [0, 0.1) is 6.92 Å². The van der Waals surface area contributed by atoms with Gasteiger partial charge in [0.25, 0.3) is 0 Å². The van der Waals surface area contributed by atoms with Crippen molar-refractivity contribution in [1.82, 2.24) is 19.1 Å². The van der Waals surface area contributed by atoms with Gasteiger partial charge in [-0.2, -0.15) is 0 Å². The number of aromatic nitrogens is 4. The maximum Gasteiger partial charge on any atom is 0.419 e. The van der Waals surface area contributed by atoms with E-state index in [0.29, 0.717) is 60.2 Å². The molecule has 314 valence electrons. The van der Waals surface area contributed by atoms with E-state index in [9.17, 15) is 19.2 Å². The number of nitrogens with zero attached hydrogens (tertiary/aromatic N) is 4. The van der Waals surface area contributed by atoms with Gasteiger partial charge in [-0.3, -0.25) is 0 Å². The number of hydrogen-bond acceptors (Lipinski definition) is 10. The van der Waals surface area contributed by atoms with Crippen LogP contribution in [0.2, 0.25) is 10.3 Å². The van der Waals surface area contributed by atoms with Gasteiger partial charge in [0.15, 0.2) is 0 Å². The number of benzene rings is 2. The van der Waals surface area contributed by atoms with Crippen LogP contribution < -0.4 is 0 Å². The van der Waals surface area contributed by atoms with Gasteiger partial charge in [0.05, 0.1) is 27.9 Å². The predicted molar refractivity (Wildman–Crippen MR) is 235 cm³/mol. The SMILES string of the molecule is CC(C)(C)OC(=O)c1c(CBr)n(C(=O)OC(C)(C)C)c2c1ccc1cnc(Cl)cc12.Cc1c(C(=O)OC(C)(C)C)c2ccc3cnc(Cl)cc3c2n1C(=O)OC(C)(C)C. The zero-order valence-corrected chi connectivity index (χ0v) is 38.6. The third-order valence-corrected chi connectivity index (χ3v) is 9.35. The summed E-state index contributed by atoms with van der Waals surface area (Å²) in [5, 5.41) is 4.96. The summed E-state index contributed by atoms with van der Waals surface area (Å²) in [7, 11) is 0. The molecule has 4 aromatic heterocycles. The summed E-state index contributed by atoms with van der Waals surface area (Å²) in [5.41, 5.74) is -0.158. The second-order valence-electron chi connectivity index (χ2n) is 17.9.